The number of nitrogens with zero attached hydrogens (tertiary/aromatic N) is 2. The molecule has 1 unspecified atom stereocenters. The van der Waals surface area contributed by atoms with E-state index in [0.29, 0.717) is 18.5 Å². The van der Waals surface area contributed by atoms with E-state index in [2.05, 4.69) is 15.1 Å². The highest BCUT2D eigenvalue weighted by molar-refractivity contribution is 5.78. The fourth-order valence-corrected chi connectivity index (χ4v) is 4.05. The van der Waals surface area contributed by atoms with Crippen LogP contribution in [0, 0.1) is 5.92 Å². The summed E-state index contributed by atoms with van der Waals surface area (Å²) in [5.74, 6) is 1.19. The number of likely N-dealkylation sites (tertiary alicyclic amines) is 2. The van der Waals surface area contributed by atoms with Gasteiger partial charge in [0.2, 0.25) is 5.91 Å². The lowest BCUT2D eigenvalue weighted by Gasteiger charge is -2.34. The minimum atomic E-state index is 0.373. The molecule has 0 radical (unpaired) electrons. The van der Waals surface area contributed by atoms with Crippen molar-refractivity contribution in [2.45, 2.75) is 44.6 Å². The maximum Gasteiger partial charge on any atom is 0.236 e. The minimum absolute atomic E-state index is 0.373. The molecular formula is C15H27N3O. The summed E-state index contributed by atoms with van der Waals surface area (Å²) in [5.41, 5.74) is 0. The summed E-state index contributed by atoms with van der Waals surface area (Å²) >= 11 is 0. The van der Waals surface area contributed by atoms with E-state index >= 15 is 0 Å². The lowest BCUT2D eigenvalue weighted by atomic mass is 9.89. The Labute approximate surface area is 116 Å². The lowest BCUT2D eigenvalue weighted by molar-refractivity contribution is -0.131. The molecule has 1 amide bonds. The molecule has 19 heavy (non-hydrogen) atoms. The summed E-state index contributed by atoms with van der Waals surface area (Å²) in [6, 6.07) is 0.675. The van der Waals surface area contributed by atoms with Crippen molar-refractivity contribution in [2.24, 2.45) is 5.92 Å². The molecule has 3 rings (SSSR count). The zero-order valence-corrected chi connectivity index (χ0v) is 11.9. The maximum atomic E-state index is 12.3. The second-order valence-electron chi connectivity index (χ2n) is 6.36. The molecule has 3 aliphatic rings. The molecule has 4 nitrogen and oxygen atoms in total. The van der Waals surface area contributed by atoms with Crippen LogP contribution in [0.25, 0.3) is 0 Å². The Hall–Kier alpha value is -0.610. The summed E-state index contributed by atoms with van der Waals surface area (Å²) < 4.78 is 0. The van der Waals surface area contributed by atoms with Gasteiger partial charge in [-0.05, 0) is 64.1 Å². The predicted octanol–water partition coefficient (Wildman–Crippen LogP) is 1.07. The normalized spacial score (nSPS) is 30.1. The van der Waals surface area contributed by atoms with Gasteiger partial charge in [0.1, 0.15) is 0 Å². The smallest absolute Gasteiger partial charge is 0.236 e. The SMILES string of the molecule is O=C(CN1CCCC1C1CCNCC1)N1CCCC1. The van der Waals surface area contributed by atoms with Crippen LogP contribution in [0.15, 0.2) is 0 Å². The van der Waals surface area contributed by atoms with Crippen molar-refractivity contribution in [1.29, 1.82) is 0 Å². The predicted molar refractivity (Wildman–Crippen MR) is 76.0 cm³/mol. The molecule has 1 N–H and O–H groups in total. The first-order valence-electron chi connectivity index (χ1n) is 8.07. The largest absolute Gasteiger partial charge is 0.342 e. The van der Waals surface area contributed by atoms with Crippen LogP contribution in [0.3, 0.4) is 0 Å². The highest BCUT2D eigenvalue weighted by Crippen LogP contribution is 2.29. The molecule has 0 spiro atoms. The van der Waals surface area contributed by atoms with E-state index in [1.165, 1.54) is 38.5 Å². The Morgan fingerprint density at radius 1 is 1.00 bits per heavy atom. The molecule has 1 atom stereocenters. The average Bonchev–Trinajstić information content (AvgIpc) is 3.11. The number of amides is 1. The van der Waals surface area contributed by atoms with Crippen LogP contribution in [0.4, 0.5) is 0 Å². The first-order valence-corrected chi connectivity index (χ1v) is 8.07. The van der Waals surface area contributed by atoms with Gasteiger partial charge >= 0.3 is 0 Å². The summed E-state index contributed by atoms with van der Waals surface area (Å²) in [7, 11) is 0. The molecular weight excluding hydrogens is 238 g/mol. The number of hydrogen-bond acceptors (Lipinski definition) is 3. The second-order valence-corrected chi connectivity index (χ2v) is 6.36. The van der Waals surface area contributed by atoms with Crippen LogP contribution in [0.5, 0.6) is 0 Å². The van der Waals surface area contributed by atoms with Gasteiger partial charge in [0.25, 0.3) is 0 Å². The average molecular weight is 265 g/mol. The molecule has 0 bridgehead atoms. The molecule has 0 aromatic carbocycles. The quantitative estimate of drug-likeness (QED) is 0.829. The van der Waals surface area contributed by atoms with Gasteiger partial charge in [0.15, 0.2) is 0 Å². The first kappa shape index (κ1) is 13.4. The second kappa shape index (κ2) is 6.23. The third-order valence-electron chi connectivity index (χ3n) is 5.14. The van der Waals surface area contributed by atoms with E-state index in [9.17, 15) is 4.79 Å². The molecule has 0 aromatic heterocycles. The monoisotopic (exact) mass is 265 g/mol. The highest BCUT2D eigenvalue weighted by atomic mass is 16.2. The van der Waals surface area contributed by atoms with Gasteiger partial charge in [0.05, 0.1) is 6.54 Å². The van der Waals surface area contributed by atoms with E-state index in [1.807, 2.05) is 0 Å². The molecule has 3 fully saturated rings. The van der Waals surface area contributed by atoms with Crippen molar-refractivity contribution < 1.29 is 4.79 Å². The highest BCUT2D eigenvalue weighted by Gasteiger charge is 2.34. The third-order valence-corrected chi connectivity index (χ3v) is 5.14. The van der Waals surface area contributed by atoms with Gasteiger partial charge in [-0.2, -0.15) is 0 Å². The van der Waals surface area contributed by atoms with Crippen molar-refractivity contribution in [2.75, 3.05) is 39.3 Å². The number of carbonyl (C=O) groups excluding carboxylic acids is 1. The third kappa shape index (κ3) is 3.11. The molecule has 3 heterocycles. The molecule has 0 saturated carbocycles. The Kier molecular flexibility index (Phi) is 4.38. The fraction of sp³-hybridized carbons (Fsp3) is 0.933. The number of carbonyl (C=O) groups is 1. The summed E-state index contributed by atoms with van der Waals surface area (Å²) in [6.07, 6.45) is 7.56. The van der Waals surface area contributed by atoms with Gasteiger partial charge in [-0.15, -0.1) is 0 Å². The number of nitrogens with one attached hydrogen (secondary N) is 1. The van der Waals surface area contributed by atoms with Gasteiger partial charge in [-0.3, -0.25) is 9.69 Å². The van der Waals surface area contributed by atoms with E-state index in [-0.39, 0.29) is 0 Å². The zero-order valence-electron chi connectivity index (χ0n) is 11.9. The van der Waals surface area contributed by atoms with Crippen molar-refractivity contribution in [3.05, 3.63) is 0 Å². The lowest BCUT2D eigenvalue weighted by Crippen LogP contribution is -2.45. The number of hydrogen-bond donors (Lipinski definition) is 1. The van der Waals surface area contributed by atoms with Crippen LogP contribution >= 0.6 is 0 Å². The molecule has 3 saturated heterocycles. The van der Waals surface area contributed by atoms with Crippen LogP contribution in [0.1, 0.15) is 38.5 Å². The van der Waals surface area contributed by atoms with E-state index in [4.69, 9.17) is 0 Å². The van der Waals surface area contributed by atoms with Gasteiger partial charge < -0.3 is 10.2 Å². The molecule has 0 aromatic rings. The van der Waals surface area contributed by atoms with Crippen LogP contribution in [0.2, 0.25) is 0 Å². The zero-order chi connectivity index (χ0) is 13.1. The van der Waals surface area contributed by atoms with E-state index in [0.717, 1.165) is 38.6 Å². The fourth-order valence-electron chi connectivity index (χ4n) is 4.05. The van der Waals surface area contributed by atoms with Crippen molar-refractivity contribution in [3.63, 3.8) is 0 Å². The van der Waals surface area contributed by atoms with E-state index < -0.39 is 0 Å². The van der Waals surface area contributed by atoms with Crippen molar-refractivity contribution in [3.8, 4) is 0 Å². The first-order chi connectivity index (χ1) is 9.34. The Morgan fingerprint density at radius 3 is 2.47 bits per heavy atom. The van der Waals surface area contributed by atoms with Crippen LogP contribution in [-0.2, 0) is 4.79 Å². The molecule has 3 aliphatic heterocycles. The minimum Gasteiger partial charge on any atom is -0.342 e. The summed E-state index contributed by atoms with van der Waals surface area (Å²) in [5, 5.41) is 3.44. The van der Waals surface area contributed by atoms with Crippen molar-refractivity contribution in [1.82, 2.24) is 15.1 Å². The molecule has 108 valence electrons. The van der Waals surface area contributed by atoms with Crippen LogP contribution in [-0.4, -0.2) is 61.0 Å². The number of rotatable bonds is 3. The van der Waals surface area contributed by atoms with E-state index in [1.54, 1.807) is 0 Å². The summed E-state index contributed by atoms with van der Waals surface area (Å²) in [4.78, 5) is 16.9. The van der Waals surface area contributed by atoms with Crippen molar-refractivity contribution >= 4 is 5.91 Å². The topological polar surface area (TPSA) is 35.6 Å². The molecule has 4 heteroatoms. The molecule has 0 aliphatic carbocycles. The maximum absolute atomic E-state index is 12.3. The Morgan fingerprint density at radius 2 is 1.74 bits per heavy atom. The van der Waals surface area contributed by atoms with Gasteiger partial charge in [-0.1, -0.05) is 0 Å². The number of piperidine rings is 1. The summed E-state index contributed by atoms with van der Waals surface area (Å²) in [6.45, 7) is 6.11. The standard InChI is InChI=1S/C15H27N3O/c19-15(17-9-1-2-10-17)12-18-11-3-4-14(18)13-5-7-16-8-6-13/h13-14,16H,1-12H2. The van der Waals surface area contributed by atoms with Gasteiger partial charge in [-0.25, -0.2) is 0 Å². The Balaban J connectivity index is 1.54. The van der Waals surface area contributed by atoms with Gasteiger partial charge in [0, 0.05) is 19.1 Å². The Bertz CT molecular complexity index is 309. The van der Waals surface area contributed by atoms with Crippen LogP contribution < -0.4 is 5.32 Å².